The summed E-state index contributed by atoms with van der Waals surface area (Å²) in [5, 5.41) is 13.4. The summed E-state index contributed by atoms with van der Waals surface area (Å²) in [6.07, 6.45) is 6.80. The molecule has 0 fully saturated rings. The Bertz CT molecular complexity index is 1020. The number of pyridine rings is 1. The number of carboxylic acid groups (broad SMARTS) is 1. The lowest BCUT2D eigenvalue weighted by atomic mass is 10.0. The molecule has 0 unspecified atom stereocenters. The van der Waals surface area contributed by atoms with Gasteiger partial charge in [0.1, 0.15) is 5.65 Å². The third-order valence-corrected chi connectivity index (χ3v) is 3.90. The highest BCUT2D eigenvalue weighted by atomic mass is 16.4. The third kappa shape index (κ3) is 2.54. The molecule has 4 aromatic rings. The second-order valence-corrected chi connectivity index (χ2v) is 5.50. The first-order valence-electron chi connectivity index (χ1n) is 7.48. The number of hydrogen-bond acceptors (Lipinski definition) is 3. The first-order chi connectivity index (χ1) is 11.7. The van der Waals surface area contributed by atoms with Crippen molar-refractivity contribution in [2.75, 3.05) is 0 Å². The van der Waals surface area contributed by atoms with E-state index in [1.165, 1.54) is 6.20 Å². The monoisotopic (exact) mass is 318 g/mol. The van der Waals surface area contributed by atoms with Crippen molar-refractivity contribution in [1.29, 1.82) is 0 Å². The van der Waals surface area contributed by atoms with Gasteiger partial charge in [-0.15, -0.1) is 0 Å². The molecular formula is C18H14N4O2. The van der Waals surface area contributed by atoms with Gasteiger partial charge in [-0.25, -0.2) is 9.78 Å². The Balaban J connectivity index is 1.70. The van der Waals surface area contributed by atoms with Crippen molar-refractivity contribution in [3.63, 3.8) is 0 Å². The summed E-state index contributed by atoms with van der Waals surface area (Å²) in [6, 6.07) is 13.9. The van der Waals surface area contributed by atoms with Crippen LogP contribution in [-0.2, 0) is 6.54 Å². The zero-order valence-electron chi connectivity index (χ0n) is 12.7. The van der Waals surface area contributed by atoms with Crippen molar-refractivity contribution < 1.29 is 9.90 Å². The SMILES string of the molecule is O=C(O)c1cnc2cc(-c3cccc(Cn4cccn4)c3)ccn12. The zero-order chi connectivity index (χ0) is 16.5. The van der Waals surface area contributed by atoms with Gasteiger partial charge in [0, 0.05) is 18.6 Å². The summed E-state index contributed by atoms with van der Waals surface area (Å²) in [4.78, 5) is 15.3. The van der Waals surface area contributed by atoms with Crippen molar-refractivity contribution in [3.8, 4) is 11.1 Å². The normalized spacial score (nSPS) is 11.0. The fraction of sp³-hybridized carbons (Fsp3) is 0.0556. The van der Waals surface area contributed by atoms with Gasteiger partial charge in [-0.2, -0.15) is 5.10 Å². The first kappa shape index (κ1) is 14.2. The van der Waals surface area contributed by atoms with E-state index >= 15 is 0 Å². The summed E-state index contributed by atoms with van der Waals surface area (Å²) < 4.78 is 3.44. The van der Waals surface area contributed by atoms with Crippen molar-refractivity contribution in [2.45, 2.75) is 6.54 Å². The number of carboxylic acids is 1. The maximum atomic E-state index is 11.2. The molecule has 24 heavy (non-hydrogen) atoms. The van der Waals surface area contributed by atoms with Gasteiger partial charge in [0.05, 0.1) is 12.7 Å². The Kier molecular flexibility index (Phi) is 3.35. The van der Waals surface area contributed by atoms with Gasteiger partial charge < -0.3 is 5.11 Å². The van der Waals surface area contributed by atoms with Crippen LogP contribution in [0.3, 0.4) is 0 Å². The Morgan fingerprint density at radius 1 is 1.08 bits per heavy atom. The third-order valence-electron chi connectivity index (χ3n) is 3.90. The molecule has 4 rings (SSSR count). The molecule has 0 amide bonds. The Hall–Kier alpha value is -3.41. The lowest BCUT2D eigenvalue weighted by Crippen LogP contribution is -2.01. The standard InChI is InChI=1S/C18H14N4O2/c23-18(24)16-11-19-17-10-15(5-8-22(16)17)14-4-1-3-13(9-14)12-21-7-2-6-20-21/h1-11H,12H2,(H,23,24). The van der Waals surface area contributed by atoms with E-state index in [0.717, 1.165) is 16.7 Å². The molecule has 0 atom stereocenters. The van der Waals surface area contributed by atoms with E-state index in [2.05, 4.69) is 22.2 Å². The van der Waals surface area contributed by atoms with Gasteiger partial charge in [0.25, 0.3) is 0 Å². The van der Waals surface area contributed by atoms with Crippen LogP contribution in [0.25, 0.3) is 16.8 Å². The molecule has 0 saturated heterocycles. The maximum absolute atomic E-state index is 11.2. The topological polar surface area (TPSA) is 72.4 Å². The van der Waals surface area contributed by atoms with Crippen LogP contribution in [0.5, 0.6) is 0 Å². The number of aromatic nitrogens is 4. The summed E-state index contributed by atoms with van der Waals surface area (Å²) in [5.41, 5.74) is 3.96. The molecule has 1 aromatic carbocycles. The van der Waals surface area contributed by atoms with Crippen LogP contribution in [0.2, 0.25) is 0 Å². The smallest absolute Gasteiger partial charge is 0.354 e. The molecular weight excluding hydrogens is 304 g/mol. The van der Waals surface area contributed by atoms with E-state index < -0.39 is 5.97 Å². The van der Waals surface area contributed by atoms with E-state index in [-0.39, 0.29) is 5.69 Å². The molecule has 0 aliphatic heterocycles. The molecule has 0 aliphatic rings. The number of imidazole rings is 1. The molecule has 3 aromatic heterocycles. The van der Waals surface area contributed by atoms with Gasteiger partial charge in [0.2, 0.25) is 0 Å². The minimum atomic E-state index is -0.989. The van der Waals surface area contributed by atoms with Crippen molar-refractivity contribution in [2.24, 2.45) is 0 Å². The van der Waals surface area contributed by atoms with Crippen LogP contribution < -0.4 is 0 Å². The van der Waals surface area contributed by atoms with Crippen LogP contribution >= 0.6 is 0 Å². The second kappa shape index (κ2) is 5.66. The molecule has 0 bridgehead atoms. The summed E-state index contributed by atoms with van der Waals surface area (Å²) in [6.45, 7) is 0.704. The quantitative estimate of drug-likeness (QED) is 0.628. The summed E-state index contributed by atoms with van der Waals surface area (Å²) >= 11 is 0. The number of hydrogen-bond donors (Lipinski definition) is 1. The van der Waals surface area contributed by atoms with Crippen LogP contribution in [0.4, 0.5) is 0 Å². The summed E-state index contributed by atoms with van der Waals surface area (Å²) in [7, 11) is 0. The average Bonchev–Trinajstić information content (AvgIpc) is 3.23. The number of fused-ring (bicyclic) bond motifs is 1. The van der Waals surface area contributed by atoms with Gasteiger partial charge >= 0.3 is 5.97 Å². The van der Waals surface area contributed by atoms with Gasteiger partial charge in [-0.1, -0.05) is 18.2 Å². The van der Waals surface area contributed by atoms with Crippen LogP contribution in [0.1, 0.15) is 16.1 Å². The zero-order valence-corrected chi connectivity index (χ0v) is 12.7. The number of rotatable bonds is 4. The highest BCUT2D eigenvalue weighted by Crippen LogP contribution is 2.22. The fourth-order valence-electron chi connectivity index (χ4n) is 2.75. The highest BCUT2D eigenvalue weighted by Gasteiger charge is 2.11. The lowest BCUT2D eigenvalue weighted by Gasteiger charge is -2.07. The van der Waals surface area contributed by atoms with Crippen molar-refractivity contribution >= 4 is 11.6 Å². The number of carbonyl (C=O) groups is 1. The molecule has 0 saturated carbocycles. The number of aromatic carboxylic acids is 1. The van der Waals surface area contributed by atoms with Crippen molar-refractivity contribution in [3.05, 3.63) is 78.5 Å². The molecule has 0 aliphatic carbocycles. The molecule has 6 nitrogen and oxygen atoms in total. The van der Waals surface area contributed by atoms with E-state index in [4.69, 9.17) is 5.11 Å². The lowest BCUT2D eigenvalue weighted by molar-refractivity contribution is 0.0689. The summed E-state index contributed by atoms with van der Waals surface area (Å²) in [5.74, 6) is -0.989. The average molecular weight is 318 g/mol. The van der Waals surface area contributed by atoms with Gasteiger partial charge in [-0.05, 0) is 41.0 Å². The maximum Gasteiger partial charge on any atom is 0.354 e. The first-order valence-corrected chi connectivity index (χ1v) is 7.48. The van der Waals surface area contributed by atoms with Crippen LogP contribution in [-0.4, -0.2) is 30.2 Å². The van der Waals surface area contributed by atoms with E-state index in [9.17, 15) is 4.79 Å². The Morgan fingerprint density at radius 2 is 1.96 bits per heavy atom. The number of benzene rings is 1. The molecule has 6 heteroatoms. The van der Waals surface area contributed by atoms with Crippen molar-refractivity contribution in [1.82, 2.24) is 19.2 Å². The number of nitrogens with zero attached hydrogens (tertiary/aromatic N) is 4. The van der Waals surface area contributed by atoms with Crippen LogP contribution in [0, 0.1) is 0 Å². The largest absolute Gasteiger partial charge is 0.477 e. The molecule has 118 valence electrons. The predicted molar refractivity (Wildman–Crippen MR) is 88.9 cm³/mol. The predicted octanol–water partition coefficient (Wildman–Crippen LogP) is 2.94. The minimum absolute atomic E-state index is 0.156. The molecule has 3 heterocycles. The van der Waals surface area contributed by atoms with Gasteiger partial charge in [-0.3, -0.25) is 9.08 Å². The molecule has 0 radical (unpaired) electrons. The van der Waals surface area contributed by atoms with Gasteiger partial charge in [0.15, 0.2) is 5.69 Å². The molecule has 1 N–H and O–H groups in total. The Morgan fingerprint density at radius 3 is 2.75 bits per heavy atom. The molecule has 0 spiro atoms. The van der Waals surface area contributed by atoms with E-state index in [1.54, 1.807) is 16.8 Å². The van der Waals surface area contributed by atoms with Crippen LogP contribution in [0.15, 0.2) is 67.3 Å². The Labute approximate surface area is 137 Å². The highest BCUT2D eigenvalue weighted by molar-refractivity contribution is 5.87. The van der Waals surface area contributed by atoms with E-state index in [0.29, 0.717) is 12.2 Å². The second-order valence-electron chi connectivity index (χ2n) is 5.50. The minimum Gasteiger partial charge on any atom is -0.477 e. The fourth-order valence-corrected chi connectivity index (χ4v) is 2.75. The van der Waals surface area contributed by atoms with E-state index in [1.807, 2.05) is 41.2 Å².